The van der Waals surface area contributed by atoms with Crippen molar-refractivity contribution in [2.45, 2.75) is 55.9 Å². The summed E-state index contributed by atoms with van der Waals surface area (Å²) in [6.45, 7) is 0. The Labute approximate surface area is 194 Å². The van der Waals surface area contributed by atoms with Crippen molar-refractivity contribution < 1.29 is 21.2 Å². The molecule has 146 valence electrons. The fraction of sp³-hybridized carbons (Fsp3) is 0.550. The molecule has 2 bridgehead atoms. The number of benzene rings is 1. The molecule has 1 aromatic carbocycles. The molecule has 0 saturated heterocycles. The van der Waals surface area contributed by atoms with Crippen molar-refractivity contribution in [1.82, 2.24) is 4.72 Å². The maximum Gasteiger partial charge on any atom is 2.00 e. The van der Waals surface area contributed by atoms with E-state index in [1.165, 1.54) is 6.42 Å². The Balaban J connectivity index is 0.00000261. The number of hydrogen-bond donors (Lipinski definition) is 2. The van der Waals surface area contributed by atoms with Gasteiger partial charge in [-0.2, -0.15) is 0 Å². The Bertz CT molecular complexity index is 761. The fourth-order valence-electron chi connectivity index (χ4n) is 4.52. The van der Waals surface area contributed by atoms with Crippen LogP contribution in [0, 0.1) is 17.8 Å². The molecule has 1 aromatic rings. The van der Waals surface area contributed by atoms with Crippen LogP contribution in [-0.2, 0) is 14.8 Å². The molecule has 0 amide bonds. The number of hydrogen-bond acceptors (Lipinski definition) is 3. The van der Waals surface area contributed by atoms with E-state index in [0.29, 0.717) is 29.1 Å². The van der Waals surface area contributed by atoms with Crippen LogP contribution in [-0.4, -0.2) is 63.3 Å². The second-order valence-corrected chi connectivity index (χ2v) is 9.16. The number of rotatable bonds is 9. The molecular weight excluding hydrogens is 390 g/mol. The zero-order valence-corrected chi connectivity index (χ0v) is 18.6. The molecular formula is C20H29CaNO4S. The monoisotopic (exact) mass is 419 g/mol. The summed E-state index contributed by atoms with van der Waals surface area (Å²) in [7, 11) is -3.49. The van der Waals surface area contributed by atoms with Gasteiger partial charge in [-0.05, 0) is 68.4 Å². The van der Waals surface area contributed by atoms with Gasteiger partial charge in [-0.15, -0.1) is 0 Å². The zero-order valence-electron chi connectivity index (χ0n) is 17.6. The van der Waals surface area contributed by atoms with Crippen LogP contribution < -0.4 is 4.72 Å². The summed E-state index contributed by atoms with van der Waals surface area (Å²) in [6.07, 6.45) is 10.00. The first kappa shape index (κ1) is 22.9. The number of fused-ring (bicyclic) bond motifs is 2. The first-order valence-corrected chi connectivity index (χ1v) is 10.9. The minimum Gasteiger partial charge on any atom is -1.00 e. The van der Waals surface area contributed by atoms with Crippen molar-refractivity contribution in [2.24, 2.45) is 17.8 Å². The first-order valence-electron chi connectivity index (χ1n) is 9.41. The minimum atomic E-state index is -3.49. The van der Waals surface area contributed by atoms with Gasteiger partial charge in [0.25, 0.3) is 0 Å². The molecule has 2 saturated carbocycles. The molecule has 3 rings (SSSR count). The van der Waals surface area contributed by atoms with E-state index in [1.807, 2.05) is 12.1 Å². The standard InChI is InChI=1S/C20H27NO4S.Ca.2H/c22-19(23)11-7-2-1-6-10-18-15-12-13-16(14-15)20(18)21-26(24,25)17-8-4-3-5-9-17;;;/h1,3-6,8-9,15-16,18,20-21H,2,7,10-14H2,(H,22,23);;;/q;+2;2*-1/t15-,16+,18+,20+;;;/m1.../s1. The maximum absolute atomic E-state index is 12.7. The maximum atomic E-state index is 12.7. The van der Waals surface area contributed by atoms with Crippen LogP contribution >= 0.6 is 0 Å². The minimum absolute atomic E-state index is 0. The largest absolute Gasteiger partial charge is 2.00 e. The molecule has 7 heteroatoms. The topological polar surface area (TPSA) is 83.5 Å². The second kappa shape index (κ2) is 10.4. The Morgan fingerprint density at radius 1 is 1.19 bits per heavy atom. The fourth-order valence-corrected chi connectivity index (χ4v) is 5.90. The average Bonchev–Trinajstić information content (AvgIpc) is 3.20. The second-order valence-electron chi connectivity index (χ2n) is 7.45. The van der Waals surface area contributed by atoms with E-state index in [1.54, 1.807) is 24.3 Å². The predicted molar refractivity (Wildman–Crippen MR) is 108 cm³/mol. The van der Waals surface area contributed by atoms with E-state index in [0.717, 1.165) is 25.7 Å². The predicted octanol–water partition coefficient (Wildman–Crippen LogP) is 3.43. The summed E-state index contributed by atoms with van der Waals surface area (Å²) in [5.41, 5.74) is 0. The van der Waals surface area contributed by atoms with E-state index in [-0.39, 0.29) is 53.1 Å². The Morgan fingerprint density at radius 3 is 2.59 bits per heavy atom. The number of unbranched alkanes of at least 4 members (excludes halogenated alkanes) is 1. The SMILES string of the molecule is O=C(O)CCCC=CC[C@H]1[C@@H]2CC[C@@H](C2)[C@@H]1NS(=O)(=O)c1ccccc1.[Ca+2].[H-].[H-]. The normalized spacial score (nSPS) is 27.0. The molecule has 5 nitrogen and oxygen atoms in total. The van der Waals surface area contributed by atoms with Gasteiger partial charge >= 0.3 is 43.7 Å². The summed E-state index contributed by atoms with van der Waals surface area (Å²) in [5, 5.41) is 8.66. The van der Waals surface area contributed by atoms with Gasteiger partial charge in [-0.3, -0.25) is 4.79 Å². The van der Waals surface area contributed by atoms with Gasteiger partial charge in [0.05, 0.1) is 4.90 Å². The summed E-state index contributed by atoms with van der Waals surface area (Å²) in [4.78, 5) is 10.9. The summed E-state index contributed by atoms with van der Waals surface area (Å²) in [5.74, 6) is 0.598. The molecule has 4 atom stereocenters. The van der Waals surface area contributed by atoms with Crippen molar-refractivity contribution in [2.75, 3.05) is 0 Å². The van der Waals surface area contributed by atoms with E-state index in [4.69, 9.17) is 5.11 Å². The number of allylic oxidation sites excluding steroid dienone is 2. The number of carbonyl (C=O) groups is 1. The van der Waals surface area contributed by atoms with Gasteiger partial charge in [0, 0.05) is 12.5 Å². The van der Waals surface area contributed by atoms with Crippen LogP contribution in [0.2, 0.25) is 0 Å². The number of sulfonamides is 1. The van der Waals surface area contributed by atoms with E-state index in [9.17, 15) is 13.2 Å². The van der Waals surface area contributed by atoms with Crippen LogP contribution in [0.5, 0.6) is 0 Å². The molecule has 27 heavy (non-hydrogen) atoms. The third kappa shape index (κ3) is 6.04. The molecule has 0 aliphatic heterocycles. The van der Waals surface area contributed by atoms with E-state index >= 15 is 0 Å². The quantitative estimate of drug-likeness (QED) is 0.365. The first-order chi connectivity index (χ1) is 12.5. The Morgan fingerprint density at radius 2 is 1.89 bits per heavy atom. The summed E-state index contributed by atoms with van der Waals surface area (Å²) in [6, 6.07) is 8.57. The summed E-state index contributed by atoms with van der Waals surface area (Å²) < 4.78 is 28.4. The van der Waals surface area contributed by atoms with Crippen LogP contribution in [0.25, 0.3) is 0 Å². The van der Waals surface area contributed by atoms with E-state index < -0.39 is 16.0 Å². The van der Waals surface area contributed by atoms with Gasteiger partial charge in [0.2, 0.25) is 10.0 Å². The van der Waals surface area contributed by atoms with Crippen molar-refractivity contribution in [3.05, 3.63) is 42.5 Å². The van der Waals surface area contributed by atoms with Crippen molar-refractivity contribution in [3.63, 3.8) is 0 Å². The number of aliphatic carboxylic acids is 1. The van der Waals surface area contributed by atoms with Crippen LogP contribution in [0.4, 0.5) is 0 Å². The molecule has 0 spiro atoms. The molecule has 2 aliphatic rings. The Kier molecular flexibility index (Phi) is 8.81. The number of nitrogens with one attached hydrogen (secondary N) is 1. The zero-order chi connectivity index (χ0) is 18.6. The molecule has 2 N–H and O–H groups in total. The number of carboxylic acid groups (broad SMARTS) is 1. The third-order valence-electron chi connectivity index (χ3n) is 5.77. The molecule has 0 heterocycles. The van der Waals surface area contributed by atoms with Crippen molar-refractivity contribution >= 4 is 53.7 Å². The third-order valence-corrected chi connectivity index (χ3v) is 7.24. The van der Waals surface area contributed by atoms with Gasteiger partial charge in [-0.1, -0.05) is 30.4 Å². The van der Waals surface area contributed by atoms with Gasteiger partial charge in [0.15, 0.2) is 0 Å². The van der Waals surface area contributed by atoms with Crippen molar-refractivity contribution in [1.29, 1.82) is 0 Å². The van der Waals surface area contributed by atoms with Gasteiger partial charge < -0.3 is 7.96 Å². The Hall–Kier alpha value is -0.400. The molecule has 0 aromatic heterocycles. The molecule has 2 aliphatic carbocycles. The smallest absolute Gasteiger partial charge is 1.00 e. The summed E-state index contributed by atoms with van der Waals surface area (Å²) >= 11 is 0. The van der Waals surface area contributed by atoms with Crippen LogP contribution in [0.15, 0.2) is 47.4 Å². The molecule has 2 fully saturated rings. The van der Waals surface area contributed by atoms with Crippen molar-refractivity contribution in [3.8, 4) is 0 Å². The molecule has 0 unspecified atom stereocenters. The van der Waals surface area contributed by atoms with Gasteiger partial charge in [0.1, 0.15) is 0 Å². The van der Waals surface area contributed by atoms with Crippen LogP contribution in [0.1, 0.15) is 47.8 Å². The van der Waals surface area contributed by atoms with Crippen LogP contribution in [0.3, 0.4) is 0 Å². The van der Waals surface area contributed by atoms with E-state index in [2.05, 4.69) is 10.8 Å². The number of carboxylic acids is 1. The van der Waals surface area contributed by atoms with Gasteiger partial charge in [-0.25, -0.2) is 13.1 Å². The molecule has 0 radical (unpaired) electrons. The average molecular weight is 420 g/mol.